The topological polar surface area (TPSA) is 110 Å². The number of nitrogens with one attached hydrogen (secondary N) is 3. The molecule has 0 aliphatic heterocycles. The van der Waals surface area contributed by atoms with Crippen molar-refractivity contribution < 1.29 is 19.1 Å². The fourth-order valence-electron chi connectivity index (χ4n) is 2.63. The molecule has 0 bridgehead atoms. The van der Waals surface area contributed by atoms with Gasteiger partial charge in [0.05, 0.1) is 19.1 Å². The molecular formula is C18H19N5O4S2. The standard InChI is InChI=1S/C18H19N5O4S2/c1-10(23-15(19-22-18(23)28)14-5-4-8-29-14)16(24)20-21-17(25)11-6-7-12(26-2)13(9-11)27-3/h4-10H,1-3H3,(H,20,24)(H,21,25)(H,22,28). The Hall–Kier alpha value is -3.18. The van der Waals surface area contributed by atoms with E-state index in [4.69, 9.17) is 21.7 Å². The number of ether oxygens (including phenoxy) is 2. The number of hydrogen-bond donors (Lipinski definition) is 3. The number of aromatic amines is 1. The fourth-order valence-corrected chi connectivity index (χ4v) is 3.63. The van der Waals surface area contributed by atoms with Gasteiger partial charge >= 0.3 is 0 Å². The Morgan fingerprint density at radius 1 is 1.21 bits per heavy atom. The Morgan fingerprint density at radius 2 is 1.97 bits per heavy atom. The molecule has 0 saturated heterocycles. The molecule has 0 fully saturated rings. The Bertz CT molecular complexity index is 1070. The highest BCUT2D eigenvalue weighted by atomic mass is 32.1. The van der Waals surface area contributed by atoms with E-state index in [0.717, 1.165) is 4.88 Å². The second-order valence-corrected chi connectivity index (χ2v) is 7.22. The van der Waals surface area contributed by atoms with Crippen molar-refractivity contribution >= 4 is 35.4 Å². The van der Waals surface area contributed by atoms with E-state index in [-0.39, 0.29) is 0 Å². The van der Waals surface area contributed by atoms with E-state index in [2.05, 4.69) is 21.0 Å². The molecule has 9 nitrogen and oxygen atoms in total. The lowest BCUT2D eigenvalue weighted by atomic mass is 10.2. The van der Waals surface area contributed by atoms with Gasteiger partial charge in [-0.15, -0.1) is 11.3 Å². The summed E-state index contributed by atoms with van der Waals surface area (Å²) in [6, 6.07) is 7.75. The summed E-state index contributed by atoms with van der Waals surface area (Å²) < 4.78 is 12.2. The van der Waals surface area contributed by atoms with Crippen LogP contribution in [0.3, 0.4) is 0 Å². The van der Waals surface area contributed by atoms with E-state index in [0.29, 0.717) is 27.7 Å². The summed E-state index contributed by atoms with van der Waals surface area (Å²) in [6.45, 7) is 1.67. The van der Waals surface area contributed by atoms with Gasteiger partial charge in [0.15, 0.2) is 22.1 Å². The zero-order valence-corrected chi connectivity index (χ0v) is 17.5. The summed E-state index contributed by atoms with van der Waals surface area (Å²) in [5, 5.41) is 8.82. The second-order valence-electron chi connectivity index (χ2n) is 5.89. The Morgan fingerprint density at radius 3 is 2.62 bits per heavy atom. The van der Waals surface area contributed by atoms with Gasteiger partial charge < -0.3 is 9.47 Å². The number of benzene rings is 1. The maximum Gasteiger partial charge on any atom is 0.269 e. The first-order valence-electron chi connectivity index (χ1n) is 8.49. The third-order valence-electron chi connectivity index (χ3n) is 4.16. The van der Waals surface area contributed by atoms with Crippen LogP contribution in [0.15, 0.2) is 35.7 Å². The van der Waals surface area contributed by atoms with Gasteiger partial charge in [-0.2, -0.15) is 5.10 Å². The number of carbonyl (C=O) groups excluding carboxylic acids is 2. The molecular weight excluding hydrogens is 414 g/mol. The minimum absolute atomic E-state index is 0.301. The number of hydrogen-bond acceptors (Lipinski definition) is 7. The van der Waals surface area contributed by atoms with Crippen LogP contribution in [0.5, 0.6) is 11.5 Å². The maximum absolute atomic E-state index is 12.6. The van der Waals surface area contributed by atoms with Gasteiger partial charge in [0, 0.05) is 5.56 Å². The summed E-state index contributed by atoms with van der Waals surface area (Å²) in [4.78, 5) is 25.8. The zero-order valence-electron chi connectivity index (χ0n) is 15.9. The monoisotopic (exact) mass is 433 g/mol. The van der Waals surface area contributed by atoms with Crippen LogP contribution in [-0.4, -0.2) is 40.8 Å². The van der Waals surface area contributed by atoms with Crippen molar-refractivity contribution in [3.63, 3.8) is 0 Å². The van der Waals surface area contributed by atoms with Gasteiger partial charge in [-0.3, -0.25) is 30.1 Å². The molecule has 2 amide bonds. The Kier molecular flexibility index (Phi) is 6.29. The predicted octanol–water partition coefficient (Wildman–Crippen LogP) is 2.71. The van der Waals surface area contributed by atoms with Crippen molar-refractivity contribution in [1.82, 2.24) is 25.6 Å². The van der Waals surface area contributed by atoms with Crippen LogP contribution < -0.4 is 20.3 Å². The van der Waals surface area contributed by atoms with E-state index in [9.17, 15) is 9.59 Å². The lowest BCUT2D eigenvalue weighted by Gasteiger charge is -2.16. The van der Waals surface area contributed by atoms with Crippen LogP contribution >= 0.6 is 23.6 Å². The van der Waals surface area contributed by atoms with Crippen molar-refractivity contribution in [3.8, 4) is 22.2 Å². The maximum atomic E-state index is 12.6. The van der Waals surface area contributed by atoms with E-state index in [1.807, 2.05) is 17.5 Å². The molecule has 3 aromatic rings. The number of rotatable bonds is 6. The first-order valence-corrected chi connectivity index (χ1v) is 9.78. The number of hydrazine groups is 1. The third-order valence-corrected chi connectivity index (χ3v) is 5.31. The summed E-state index contributed by atoms with van der Waals surface area (Å²) in [5.41, 5.74) is 5.11. The number of amides is 2. The van der Waals surface area contributed by atoms with Crippen LogP contribution in [0.2, 0.25) is 0 Å². The number of nitrogens with zero attached hydrogens (tertiary/aromatic N) is 2. The molecule has 0 aliphatic rings. The highest BCUT2D eigenvalue weighted by molar-refractivity contribution is 7.71. The smallest absolute Gasteiger partial charge is 0.269 e. The molecule has 1 unspecified atom stereocenters. The summed E-state index contributed by atoms with van der Waals surface area (Å²) in [6.07, 6.45) is 0. The highest BCUT2D eigenvalue weighted by Gasteiger charge is 2.22. The van der Waals surface area contributed by atoms with Gasteiger partial charge in [0.2, 0.25) is 0 Å². The van der Waals surface area contributed by atoms with E-state index in [1.54, 1.807) is 23.6 Å². The summed E-state index contributed by atoms with van der Waals surface area (Å²) in [5.74, 6) is 0.510. The zero-order chi connectivity index (χ0) is 21.0. The van der Waals surface area contributed by atoms with Crippen molar-refractivity contribution in [1.29, 1.82) is 0 Å². The molecule has 3 rings (SSSR count). The molecule has 0 aliphatic carbocycles. The van der Waals surface area contributed by atoms with E-state index >= 15 is 0 Å². The number of carbonyl (C=O) groups is 2. The van der Waals surface area contributed by atoms with Gasteiger partial charge in [-0.1, -0.05) is 6.07 Å². The molecule has 0 spiro atoms. The van der Waals surface area contributed by atoms with Crippen LogP contribution in [0.1, 0.15) is 23.3 Å². The second kappa shape index (κ2) is 8.88. The fraction of sp³-hybridized carbons (Fsp3) is 0.222. The minimum atomic E-state index is -0.705. The lowest BCUT2D eigenvalue weighted by molar-refractivity contribution is -0.124. The molecule has 3 N–H and O–H groups in total. The Labute approximate surface area is 175 Å². The molecule has 0 saturated carbocycles. The van der Waals surface area contributed by atoms with E-state index in [1.165, 1.54) is 31.6 Å². The first-order chi connectivity index (χ1) is 14.0. The number of aromatic nitrogens is 3. The van der Waals surface area contributed by atoms with Crippen molar-refractivity contribution in [2.24, 2.45) is 0 Å². The average Bonchev–Trinajstić information content (AvgIpc) is 3.40. The SMILES string of the molecule is COc1ccc(C(=O)NNC(=O)C(C)n2c(-c3cccs3)n[nH]c2=S)cc1OC. The number of methoxy groups -OCH3 is 2. The minimum Gasteiger partial charge on any atom is -0.493 e. The molecule has 0 radical (unpaired) electrons. The lowest BCUT2D eigenvalue weighted by Crippen LogP contribution is -2.44. The van der Waals surface area contributed by atoms with Crippen LogP contribution in [-0.2, 0) is 4.79 Å². The summed E-state index contributed by atoms with van der Waals surface area (Å²) in [7, 11) is 2.98. The Balaban J connectivity index is 1.71. The van der Waals surface area contributed by atoms with Crippen LogP contribution in [0.25, 0.3) is 10.7 Å². The molecule has 29 heavy (non-hydrogen) atoms. The van der Waals surface area contributed by atoms with Gasteiger partial charge in [0.25, 0.3) is 11.8 Å². The van der Waals surface area contributed by atoms with Gasteiger partial charge in [-0.05, 0) is 48.8 Å². The van der Waals surface area contributed by atoms with Crippen molar-refractivity contribution in [2.75, 3.05) is 14.2 Å². The number of H-pyrrole nitrogens is 1. The molecule has 1 atom stereocenters. The quantitative estimate of drug-likeness (QED) is 0.407. The predicted molar refractivity (Wildman–Crippen MR) is 111 cm³/mol. The molecule has 152 valence electrons. The summed E-state index contributed by atoms with van der Waals surface area (Å²) >= 11 is 6.74. The van der Waals surface area contributed by atoms with Crippen LogP contribution in [0, 0.1) is 4.77 Å². The molecule has 2 aromatic heterocycles. The molecule has 11 heteroatoms. The first kappa shape index (κ1) is 20.6. The number of thiophene rings is 1. The van der Waals surface area contributed by atoms with Crippen molar-refractivity contribution in [3.05, 3.63) is 46.0 Å². The van der Waals surface area contributed by atoms with Gasteiger partial charge in [-0.25, -0.2) is 0 Å². The molecule has 2 heterocycles. The third kappa shape index (κ3) is 4.30. The normalized spacial score (nSPS) is 11.6. The average molecular weight is 434 g/mol. The largest absolute Gasteiger partial charge is 0.493 e. The highest BCUT2D eigenvalue weighted by Crippen LogP contribution is 2.27. The van der Waals surface area contributed by atoms with E-state index < -0.39 is 17.9 Å². The van der Waals surface area contributed by atoms with Gasteiger partial charge in [0.1, 0.15) is 6.04 Å². The van der Waals surface area contributed by atoms with Crippen LogP contribution in [0.4, 0.5) is 0 Å². The van der Waals surface area contributed by atoms with Crippen molar-refractivity contribution in [2.45, 2.75) is 13.0 Å². The molecule has 1 aromatic carbocycles.